The van der Waals surface area contributed by atoms with E-state index in [1.165, 1.54) is 36.4 Å². The molecule has 1 heterocycles. The molecule has 25 heavy (non-hydrogen) atoms. The highest BCUT2D eigenvalue weighted by atomic mass is 19.1. The van der Waals surface area contributed by atoms with Gasteiger partial charge in [-0.25, -0.2) is 8.78 Å². The molecule has 1 fully saturated rings. The number of halogens is 2. The molecule has 0 radical (unpaired) electrons. The van der Waals surface area contributed by atoms with Crippen molar-refractivity contribution in [3.8, 4) is 0 Å². The molecule has 2 amide bonds. The Morgan fingerprint density at radius 2 is 1.76 bits per heavy atom. The van der Waals surface area contributed by atoms with Crippen molar-refractivity contribution in [3.05, 3.63) is 65.2 Å². The lowest BCUT2D eigenvalue weighted by molar-refractivity contribution is 0.0938. The van der Waals surface area contributed by atoms with E-state index in [1.54, 1.807) is 4.90 Å². The second kappa shape index (κ2) is 6.88. The number of nitrogens with one attached hydrogen (secondary N) is 1. The van der Waals surface area contributed by atoms with Crippen molar-refractivity contribution < 1.29 is 18.4 Å². The average molecular weight is 345 g/mol. The largest absolute Gasteiger partial charge is 0.367 e. The highest BCUT2D eigenvalue weighted by molar-refractivity contribution is 5.97. The maximum absolute atomic E-state index is 13.9. The summed E-state index contributed by atoms with van der Waals surface area (Å²) in [6.07, 6.45) is 0.655. The molecule has 2 aromatic rings. The molecule has 2 aromatic carbocycles. The van der Waals surface area contributed by atoms with E-state index in [0.29, 0.717) is 36.3 Å². The van der Waals surface area contributed by atoms with Gasteiger partial charge in [0.1, 0.15) is 11.6 Å². The molecule has 1 aliphatic heterocycles. The monoisotopic (exact) mass is 345 g/mol. The third-order valence-electron chi connectivity index (χ3n) is 4.21. The number of hydrogen-bond acceptors (Lipinski definition) is 3. The molecule has 1 atom stereocenters. The molecule has 5 nitrogen and oxygen atoms in total. The van der Waals surface area contributed by atoms with Crippen molar-refractivity contribution in [1.82, 2.24) is 5.32 Å². The molecule has 130 valence electrons. The molecule has 0 spiro atoms. The van der Waals surface area contributed by atoms with Gasteiger partial charge in [0, 0.05) is 36.3 Å². The Morgan fingerprint density at radius 1 is 1.08 bits per heavy atom. The third kappa shape index (κ3) is 3.76. The Balaban J connectivity index is 1.62. The zero-order chi connectivity index (χ0) is 18.0. The molecule has 1 aliphatic rings. The quantitative estimate of drug-likeness (QED) is 0.891. The van der Waals surface area contributed by atoms with Crippen LogP contribution >= 0.6 is 0 Å². The number of benzene rings is 2. The topological polar surface area (TPSA) is 75.4 Å². The van der Waals surface area contributed by atoms with Crippen LogP contribution in [-0.4, -0.2) is 30.9 Å². The van der Waals surface area contributed by atoms with Crippen molar-refractivity contribution in [2.75, 3.05) is 18.0 Å². The van der Waals surface area contributed by atoms with Crippen LogP contribution in [0.2, 0.25) is 0 Å². The fourth-order valence-corrected chi connectivity index (χ4v) is 2.89. The molecule has 0 aromatic heterocycles. The molecule has 3 rings (SSSR count). The Bertz CT molecular complexity index is 808. The fraction of sp³-hybridized carbons (Fsp3) is 0.222. The first-order valence-electron chi connectivity index (χ1n) is 7.85. The van der Waals surface area contributed by atoms with Gasteiger partial charge in [-0.15, -0.1) is 0 Å². The Kier molecular flexibility index (Phi) is 4.65. The summed E-state index contributed by atoms with van der Waals surface area (Å²) >= 11 is 0. The van der Waals surface area contributed by atoms with Crippen molar-refractivity contribution in [1.29, 1.82) is 0 Å². The van der Waals surface area contributed by atoms with E-state index < -0.39 is 17.5 Å². The average Bonchev–Trinajstić information content (AvgIpc) is 3.03. The van der Waals surface area contributed by atoms with Crippen LogP contribution in [0.4, 0.5) is 14.5 Å². The fourth-order valence-electron chi connectivity index (χ4n) is 2.89. The van der Waals surface area contributed by atoms with Crippen LogP contribution in [0, 0.1) is 11.6 Å². The lowest BCUT2D eigenvalue weighted by atomic mass is 10.1. The van der Waals surface area contributed by atoms with Crippen LogP contribution in [0.1, 0.15) is 27.1 Å². The molecular formula is C18H17F2N3O2. The number of carbonyl (C=O) groups is 2. The van der Waals surface area contributed by atoms with E-state index in [9.17, 15) is 18.4 Å². The SMILES string of the molecule is NC(=O)c1ccc(C(=O)N[C@@H]2CCN(c3ccc(F)cc3F)C2)cc1. The van der Waals surface area contributed by atoms with Crippen molar-refractivity contribution in [2.45, 2.75) is 12.5 Å². The van der Waals surface area contributed by atoms with Crippen LogP contribution in [0.15, 0.2) is 42.5 Å². The Labute approximate surface area is 143 Å². The first-order valence-corrected chi connectivity index (χ1v) is 7.85. The minimum atomic E-state index is -0.621. The first-order chi connectivity index (χ1) is 11.9. The van der Waals surface area contributed by atoms with E-state index in [4.69, 9.17) is 5.73 Å². The Morgan fingerprint density at radius 3 is 2.40 bits per heavy atom. The van der Waals surface area contributed by atoms with Crippen molar-refractivity contribution in [2.24, 2.45) is 5.73 Å². The van der Waals surface area contributed by atoms with Crippen LogP contribution in [0.3, 0.4) is 0 Å². The number of nitrogens with zero attached hydrogens (tertiary/aromatic N) is 1. The van der Waals surface area contributed by atoms with Crippen molar-refractivity contribution >= 4 is 17.5 Å². The number of amides is 2. The molecule has 0 aliphatic carbocycles. The van der Waals surface area contributed by atoms with Crippen LogP contribution < -0.4 is 16.0 Å². The molecule has 0 bridgehead atoms. The molecular weight excluding hydrogens is 328 g/mol. The van der Waals surface area contributed by atoms with Gasteiger partial charge in [-0.1, -0.05) is 0 Å². The van der Waals surface area contributed by atoms with Gasteiger partial charge >= 0.3 is 0 Å². The number of nitrogens with two attached hydrogens (primary N) is 1. The smallest absolute Gasteiger partial charge is 0.251 e. The van der Waals surface area contributed by atoms with E-state index in [0.717, 1.165) is 6.07 Å². The van der Waals surface area contributed by atoms with Crippen LogP contribution in [0.25, 0.3) is 0 Å². The first kappa shape index (κ1) is 16.9. The van der Waals surface area contributed by atoms with Gasteiger partial charge in [0.2, 0.25) is 5.91 Å². The minimum absolute atomic E-state index is 0.146. The van der Waals surface area contributed by atoms with E-state index in [1.807, 2.05) is 0 Å². The number of primary amides is 1. The molecule has 3 N–H and O–H groups in total. The third-order valence-corrected chi connectivity index (χ3v) is 4.21. The summed E-state index contributed by atoms with van der Waals surface area (Å²) in [6, 6.07) is 9.36. The van der Waals surface area contributed by atoms with Crippen molar-refractivity contribution in [3.63, 3.8) is 0 Å². The summed E-state index contributed by atoms with van der Waals surface area (Å²) in [5.41, 5.74) is 6.23. The van der Waals surface area contributed by atoms with Gasteiger partial charge < -0.3 is 16.0 Å². The lowest BCUT2D eigenvalue weighted by Crippen LogP contribution is -2.37. The highest BCUT2D eigenvalue weighted by Crippen LogP contribution is 2.24. The predicted octanol–water partition coefficient (Wildman–Crippen LogP) is 2.07. The van der Waals surface area contributed by atoms with Gasteiger partial charge in [0.15, 0.2) is 0 Å². The minimum Gasteiger partial charge on any atom is -0.367 e. The van der Waals surface area contributed by atoms with E-state index in [2.05, 4.69) is 5.32 Å². The normalized spacial score (nSPS) is 16.7. The summed E-state index contributed by atoms with van der Waals surface area (Å²) in [6.45, 7) is 1.00. The number of rotatable bonds is 4. The maximum atomic E-state index is 13.9. The van der Waals surface area contributed by atoms with Gasteiger partial charge in [0.25, 0.3) is 5.91 Å². The zero-order valence-electron chi connectivity index (χ0n) is 13.3. The summed E-state index contributed by atoms with van der Waals surface area (Å²) in [7, 11) is 0. The predicted molar refractivity (Wildman–Crippen MR) is 89.4 cm³/mol. The summed E-state index contributed by atoms with van der Waals surface area (Å²) in [4.78, 5) is 25.1. The van der Waals surface area contributed by atoms with Gasteiger partial charge in [-0.2, -0.15) is 0 Å². The van der Waals surface area contributed by atoms with E-state index >= 15 is 0 Å². The Hall–Kier alpha value is -2.96. The van der Waals surface area contributed by atoms with Gasteiger partial charge in [-0.3, -0.25) is 9.59 Å². The lowest BCUT2D eigenvalue weighted by Gasteiger charge is -2.19. The summed E-state index contributed by atoms with van der Waals surface area (Å²) in [5.74, 6) is -2.07. The number of hydrogen-bond donors (Lipinski definition) is 2. The van der Waals surface area contributed by atoms with Crippen LogP contribution in [-0.2, 0) is 0 Å². The van der Waals surface area contributed by atoms with Crippen LogP contribution in [0.5, 0.6) is 0 Å². The van der Waals surface area contributed by atoms with Gasteiger partial charge in [-0.05, 0) is 42.8 Å². The highest BCUT2D eigenvalue weighted by Gasteiger charge is 2.26. The zero-order valence-corrected chi connectivity index (χ0v) is 13.3. The second-order valence-corrected chi connectivity index (χ2v) is 5.94. The second-order valence-electron chi connectivity index (χ2n) is 5.94. The molecule has 0 saturated carbocycles. The van der Waals surface area contributed by atoms with E-state index in [-0.39, 0.29) is 11.9 Å². The molecule has 0 unspecified atom stereocenters. The number of carbonyl (C=O) groups excluding carboxylic acids is 2. The maximum Gasteiger partial charge on any atom is 0.251 e. The standard InChI is InChI=1S/C18H17F2N3O2/c19-13-5-6-16(15(20)9-13)23-8-7-14(10-23)22-18(25)12-3-1-11(2-4-12)17(21)24/h1-6,9,14H,7-8,10H2,(H2,21,24)(H,22,25)/t14-/m1/s1. The van der Waals surface area contributed by atoms with Gasteiger partial charge in [0.05, 0.1) is 5.69 Å². The summed E-state index contributed by atoms with van der Waals surface area (Å²) in [5, 5.41) is 2.88. The summed E-state index contributed by atoms with van der Waals surface area (Å²) < 4.78 is 26.9. The molecule has 7 heteroatoms. The number of anilines is 1. The molecule has 1 saturated heterocycles.